The number of methoxy groups -OCH3 is 2. The molecule has 0 aliphatic heterocycles. The van der Waals surface area contributed by atoms with Gasteiger partial charge in [0.25, 0.3) is 0 Å². The number of esters is 1. The Morgan fingerprint density at radius 1 is 1.47 bits per heavy atom. The Labute approximate surface area is 96.5 Å². The zero-order valence-electron chi connectivity index (χ0n) is 8.49. The van der Waals surface area contributed by atoms with E-state index in [1.165, 1.54) is 7.11 Å². The van der Waals surface area contributed by atoms with Crippen LogP contribution in [-0.2, 0) is 9.53 Å². The first-order valence-electron chi connectivity index (χ1n) is 4.27. The summed E-state index contributed by atoms with van der Waals surface area (Å²) in [6.45, 7) is 0. The summed E-state index contributed by atoms with van der Waals surface area (Å²) in [5.74, 6) is 0.163. The highest BCUT2D eigenvalue weighted by Gasteiger charge is 2.19. The number of halogens is 1. The minimum absolute atomic E-state index is 0.482. The Bertz CT molecular complexity index is 368. The summed E-state index contributed by atoms with van der Waals surface area (Å²) in [6, 6.07) is 4.44. The molecule has 0 amide bonds. The lowest BCUT2D eigenvalue weighted by Crippen LogP contribution is -2.23. The highest BCUT2D eigenvalue weighted by molar-refractivity contribution is 9.10. The maximum Gasteiger partial charge on any atom is 0.327 e. The Morgan fingerprint density at radius 3 is 2.67 bits per heavy atom. The summed E-state index contributed by atoms with van der Waals surface area (Å²) in [4.78, 5) is 11.3. The highest BCUT2D eigenvalue weighted by Crippen LogP contribution is 2.27. The van der Waals surface area contributed by atoms with Gasteiger partial charge >= 0.3 is 5.97 Å². The maximum absolute atomic E-state index is 11.3. The first kappa shape index (κ1) is 12.0. The summed E-state index contributed by atoms with van der Waals surface area (Å²) in [5, 5.41) is 0. The van der Waals surface area contributed by atoms with Crippen LogP contribution in [-0.4, -0.2) is 20.2 Å². The number of hydrogen-bond donors (Lipinski definition) is 1. The topological polar surface area (TPSA) is 61.5 Å². The van der Waals surface area contributed by atoms with Gasteiger partial charge in [-0.15, -0.1) is 0 Å². The average Bonchev–Trinajstić information content (AvgIpc) is 2.27. The quantitative estimate of drug-likeness (QED) is 0.851. The molecular weight excluding hydrogens is 262 g/mol. The lowest BCUT2D eigenvalue weighted by molar-refractivity contribution is -0.142. The molecule has 0 unspecified atom stereocenters. The van der Waals surface area contributed by atoms with E-state index in [0.29, 0.717) is 11.3 Å². The van der Waals surface area contributed by atoms with E-state index < -0.39 is 12.0 Å². The molecule has 4 nitrogen and oxygen atoms in total. The van der Waals surface area contributed by atoms with Gasteiger partial charge in [-0.1, -0.05) is 15.9 Å². The van der Waals surface area contributed by atoms with Crippen LogP contribution in [0.5, 0.6) is 5.75 Å². The molecule has 82 valence electrons. The van der Waals surface area contributed by atoms with Crippen LogP contribution in [0.2, 0.25) is 0 Å². The maximum atomic E-state index is 11.3. The van der Waals surface area contributed by atoms with Crippen molar-refractivity contribution >= 4 is 21.9 Å². The zero-order chi connectivity index (χ0) is 11.4. The van der Waals surface area contributed by atoms with Crippen LogP contribution in [0.4, 0.5) is 0 Å². The van der Waals surface area contributed by atoms with Crippen molar-refractivity contribution in [1.29, 1.82) is 0 Å². The van der Waals surface area contributed by atoms with Gasteiger partial charge in [-0.05, 0) is 23.8 Å². The number of carbonyl (C=O) groups excluding carboxylic acids is 1. The molecule has 5 heteroatoms. The summed E-state index contributed by atoms with van der Waals surface area (Å²) >= 11 is 3.31. The minimum atomic E-state index is -0.806. The molecule has 15 heavy (non-hydrogen) atoms. The van der Waals surface area contributed by atoms with E-state index >= 15 is 0 Å². The van der Waals surface area contributed by atoms with Crippen molar-refractivity contribution in [3.63, 3.8) is 0 Å². The molecule has 0 fully saturated rings. The van der Waals surface area contributed by atoms with E-state index in [1.54, 1.807) is 25.3 Å². The lowest BCUT2D eigenvalue weighted by Gasteiger charge is -2.12. The van der Waals surface area contributed by atoms with Crippen molar-refractivity contribution in [1.82, 2.24) is 0 Å². The SMILES string of the molecule is COC(=O)[C@H](N)c1cc(OC)ccc1Br. The lowest BCUT2D eigenvalue weighted by atomic mass is 10.1. The third-order valence-electron chi connectivity index (χ3n) is 1.99. The summed E-state index contributed by atoms with van der Waals surface area (Å²) in [7, 11) is 2.85. The number of hydrogen-bond acceptors (Lipinski definition) is 4. The van der Waals surface area contributed by atoms with Crippen molar-refractivity contribution in [2.75, 3.05) is 14.2 Å². The highest BCUT2D eigenvalue weighted by atomic mass is 79.9. The fraction of sp³-hybridized carbons (Fsp3) is 0.300. The Kier molecular flexibility index (Phi) is 4.11. The Morgan fingerprint density at radius 2 is 2.13 bits per heavy atom. The monoisotopic (exact) mass is 273 g/mol. The zero-order valence-corrected chi connectivity index (χ0v) is 10.1. The molecule has 2 N–H and O–H groups in total. The van der Waals surface area contributed by atoms with Crippen LogP contribution in [0.25, 0.3) is 0 Å². The van der Waals surface area contributed by atoms with Gasteiger partial charge in [-0.25, -0.2) is 0 Å². The van der Waals surface area contributed by atoms with E-state index in [0.717, 1.165) is 4.47 Å². The van der Waals surface area contributed by atoms with Crippen molar-refractivity contribution in [3.8, 4) is 5.75 Å². The third-order valence-corrected chi connectivity index (χ3v) is 2.72. The largest absolute Gasteiger partial charge is 0.497 e. The van der Waals surface area contributed by atoms with Gasteiger partial charge in [0, 0.05) is 4.47 Å². The standard InChI is InChI=1S/C10H12BrNO3/c1-14-6-3-4-8(11)7(5-6)9(12)10(13)15-2/h3-5,9H,12H2,1-2H3/t9-/m1/s1. The molecule has 0 radical (unpaired) electrons. The molecule has 0 saturated carbocycles. The van der Waals surface area contributed by atoms with Crippen molar-refractivity contribution < 1.29 is 14.3 Å². The van der Waals surface area contributed by atoms with Crippen LogP contribution >= 0.6 is 15.9 Å². The average molecular weight is 274 g/mol. The van der Waals surface area contributed by atoms with Gasteiger partial charge in [-0.2, -0.15) is 0 Å². The van der Waals surface area contributed by atoms with E-state index in [4.69, 9.17) is 10.5 Å². The molecule has 0 saturated heterocycles. The van der Waals surface area contributed by atoms with Gasteiger partial charge in [0.05, 0.1) is 14.2 Å². The van der Waals surface area contributed by atoms with Crippen LogP contribution in [0.15, 0.2) is 22.7 Å². The van der Waals surface area contributed by atoms with Gasteiger partial charge < -0.3 is 15.2 Å². The molecule has 0 heterocycles. The van der Waals surface area contributed by atoms with E-state index in [-0.39, 0.29) is 0 Å². The fourth-order valence-electron chi connectivity index (χ4n) is 1.14. The number of ether oxygens (including phenoxy) is 2. The van der Waals surface area contributed by atoms with Gasteiger partial charge in [0.1, 0.15) is 11.8 Å². The number of benzene rings is 1. The van der Waals surface area contributed by atoms with Crippen molar-refractivity contribution in [2.45, 2.75) is 6.04 Å². The first-order valence-corrected chi connectivity index (χ1v) is 5.06. The molecular formula is C10H12BrNO3. The number of nitrogens with two attached hydrogens (primary N) is 1. The summed E-state index contributed by atoms with van der Waals surface area (Å²) < 4.78 is 10.4. The molecule has 0 aliphatic rings. The van der Waals surface area contributed by atoms with Crippen LogP contribution in [0.3, 0.4) is 0 Å². The predicted octanol–water partition coefficient (Wildman–Crippen LogP) is 1.63. The van der Waals surface area contributed by atoms with Crippen LogP contribution in [0.1, 0.15) is 11.6 Å². The van der Waals surface area contributed by atoms with E-state index in [1.807, 2.05) is 0 Å². The molecule has 0 aliphatic carbocycles. The minimum Gasteiger partial charge on any atom is -0.497 e. The second-order valence-corrected chi connectivity index (χ2v) is 3.74. The third kappa shape index (κ3) is 2.70. The fourth-order valence-corrected chi connectivity index (χ4v) is 1.63. The first-order chi connectivity index (χ1) is 7.10. The number of carbonyl (C=O) groups is 1. The molecule has 0 aromatic heterocycles. The van der Waals surface area contributed by atoms with Crippen LogP contribution < -0.4 is 10.5 Å². The normalized spacial score (nSPS) is 12.0. The molecule has 0 spiro atoms. The predicted molar refractivity (Wildman–Crippen MR) is 59.6 cm³/mol. The van der Waals surface area contributed by atoms with Gasteiger partial charge in [0.2, 0.25) is 0 Å². The Hall–Kier alpha value is -1.07. The molecule has 0 bridgehead atoms. The number of rotatable bonds is 3. The van der Waals surface area contributed by atoms with Gasteiger partial charge in [-0.3, -0.25) is 4.79 Å². The van der Waals surface area contributed by atoms with E-state index in [2.05, 4.69) is 20.7 Å². The van der Waals surface area contributed by atoms with Crippen LogP contribution in [0, 0.1) is 0 Å². The van der Waals surface area contributed by atoms with Crippen molar-refractivity contribution in [2.24, 2.45) is 5.73 Å². The smallest absolute Gasteiger partial charge is 0.327 e. The van der Waals surface area contributed by atoms with E-state index in [9.17, 15) is 4.79 Å². The second-order valence-electron chi connectivity index (χ2n) is 2.89. The van der Waals surface area contributed by atoms with Gasteiger partial charge in [0.15, 0.2) is 0 Å². The van der Waals surface area contributed by atoms with Crippen molar-refractivity contribution in [3.05, 3.63) is 28.2 Å². The molecule has 1 rings (SSSR count). The molecule has 1 aromatic rings. The molecule has 1 atom stereocenters. The molecule has 1 aromatic carbocycles. The Balaban J connectivity index is 3.06. The summed E-state index contributed by atoms with van der Waals surface area (Å²) in [6.07, 6.45) is 0. The summed E-state index contributed by atoms with van der Waals surface area (Å²) in [5.41, 5.74) is 6.35. The second kappa shape index (κ2) is 5.14.